The molecule has 0 radical (unpaired) electrons. The molecule has 0 unspecified atom stereocenters. The van der Waals surface area contributed by atoms with Crippen molar-refractivity contribution in [3.8, 4) is 0 Å². The van der Waals surface area contributed by atoms with Crippen molar-refractivity contribution in [2.75, 3.05) is 13.1 Å². The first-order valence-electron chi connectivity index (χ1n) is 12.5. The summed E-state index contributed by atoms with van der Waals surface area (Å²) in [6.45, 7) is 1.21. The van der Waals surface area contributed by atoms with E-state index in [1.807, 2.05) is 0 Å². The van der Waals surface area contributed by atoms with Gasteiger partial charge in [0.1, 0.15) is 24.7 Å². The van der Waals surface area contributed by atoms with Crippen LogP contribution in [0.15, 0.2) is 24.3 Å². The lowest BCUT2D eigenvalue weighted by molar-refractivity contribution is -0.384. The Balaban J connectivity index is 2.09. The predicted octanol–water partition coefficient (Wildman–Crippen LogP) is -1.57. The fourth-order valence-corrected chi connectivity index (χ4v) is 3.88. The van der Waals surface area contributed by atoms with Gasteiger partial charge in [-0.05, 0) is 38.3 Å². The number of nitro groups is 1. The SMILES string of the molecule is C[C@H](NC(=O)[C@H](CCC(=O)O)NC(=O)[C@@H]1CCCN1)C(=O)N[C@@H](Cc1ccc([N+](=O)[O-])cc1)C(=O)NCC(=O)O. The van der Waals surface area contributed by atoms with Crippen LogP contribution in [-0.4, -0.2) is 88.0 Å². The van der Waals surface area contributed by atoms with Crippen LogP contribution in [0.3, 0.4) is 0 Å². The van der Waals surface area contributed by atoms with Gasteiger partial charge in [-0.15, -0.1) is 0 Å². The Hall–Kier alpha value is -4.60. The summed E-state index contributed by atoms with van der Waals surface area (Å²) in [4.78, 5) is 83.1. The summed E-state index contributed by atoms with van der Waals surface area (Å²) in [6, 6.07) is 0.861. The van der Waals surface area contributed by atoms with Crippen molar-refractivity contribution in [3.05, 3.63) is 39.9 Å². The molecule has 1 aliphatic rings. The maximum absolute atomic E-state index is 12.9. The van der Waals surface area contributed by atoms with Crippen LogP contribution in [0.5, 0.6) is 0 Å². The molecule has 1 heterocycles. The van der Waals surface area contributed by atoms with E-state index >= 15 is 0 Å². The van der Waals surface area contributed by atoms with Crippen LogP contribution >= 0.6 is 0 Å². The minimum atomic E-state index is -1.32. The molecule has 16 nitrogen and oxygen atoms in total. The molecule has 2 rings (SSSR count). The van der Waals surface area contributed by atoms with Crippen LogP contribution < -0.4 is 26.6 Å². The number of amides is 4. The Labute approximate surface area is 228 Å². The maximum atomic E-state index is 12.9. The van der Waals surface area contributed by atoms with Gasteiger partial charge in [0.05, 0.1) is 11.0 Å². The number of hydrogen-bond acceptors (Lipinski definition) is 9. The first-order valence-corrected chi connectivity index (χ1v) is 12.5. The lowest BCUT2D eigenvalue weighted by Crippen LogP contribution is -2.57. The number of carboxylic acid groups (broad SMARTS) is 2. The number of carbonyl (C=O) groups excluding carboxylic acids is 4. The van der Waals surface area contributed by atoms with E-state index < -0.39 is 77.6 Å². The van der Waals surface area contributed by atoms with Crippen LogP contribution in [-0.2, 0) is 35.2 Å². The summed E-state index contributed by atoms with van der Waals surface area (Å²) in [7, 11) is 0. The van der Waals surface area contributed by atoms with Gasteiger partial charge < -0.3 is 36.8 Å². The van der Waals surface area contributed by atoms with Gasteiger partial charge in [-0.2, -0.15) is 0 Å². The van der Waals surface area contributed by atoms with Gasteiger partial charge in [0.25, 0.3) is 5.69 Å². The largest absolute Gasteiger partial charge is 0.481 e. The van der Waals surface area contributed by atoms with Crippen molar-refractivity contribution >= 4 is 41.3 Å². The second kappa shape index (κ2) is 15.1. The maximum Gasteiger partial charge on any atom is 0.322 e. The monoisotopic (exact) mass is 564 g/mol. The van der Waals surface area contributed by atoms with Gasteiger partial charge in [0.15, 0.2) is 0 Å². The summed E-state index contributed by atoms with van der Waals surface area (Å²) in [5, 5.41) is 41.2. The lowest BCUT2D eigenvalue weighted by atomic mass is 10.0. The van der Waals surface area contributed by atoms with Crippen molar-refractivity contribution < 1.29 is 43.9 Å². The van der Waals surface area contributed by atoms with E-state index in [4.69, 9.17) is 10.2 Å². The number of aliphatic carboxylic acids is 2. The van der Waals surface area contributed by atoms with Crippen LogP contribution in [0.2, 0.25) is 0 Å². The third-order valence-electron chi connectivity index (χ3n) is 6.04. The minimum absolute atomic E-state index is 0.151. The zero-order valence-electron chi connectivity index (χ0n) is 21.7. The molecule has 218 valence electrons. The first-order chi connectivity index (χ1) is 18.9. The molecule has 16 heteroatoms. The number of nitrogens with one attached hydrogen (secondary N) is 5. The smallest absolute Gasteiger partial charge is 0.322 e. The number of benzene rings is 1. The first kappa shape index (κ1) is 31.6. The molecule has 1 saturated heterocycles. The van der Waals surface area contributed by atoms with Crippen LogP contribution in [0, 0.1) is 10.1 Å². The lowest BCUT2D eigenvalue weighted by Gasteiger charge is -2.24. The van der Waals surface area contributed by atoms with E-state index in [1.165, 1.54) is 31.2 Å². The summed E-state index contributed by atoms with van der Waals surface area (Å²) < 4.78 is 0. The summed E-state index contributed by atoms with van der Waals surface area (Å²) >= 11 is 0. The van der Waals surface area contributed by atoms with Gasteiger partial charge in [0.2, 0.25) is 23.6 Å². The van der Waals surface area contributed by atoms with E-state index in [2.05, 4.69) is 26.6 Å². The minimum Gasteiger partial charge on any atom is -0.481 e. The zero-order chi connectivity index (χ0) is 29.8. The molecule has 40 heavy (non-hydrogen) atoms. The molecule has 0 aliphatic carbocycles. The number of hydrogen-bond donors (Lipinski definition) is 7. The molecule has 0 bridgehead atoms. The van der Waals surface area contributed by atoms with Gasteiger partial charge in [-0.1, -0.05) is 12.1 Å². The molecular formula is C24H32N6O10. The molecule has 0 spiro atoms. The Morgan fingerprint density at radius 3 is 2.20 bits per heavy atom. The highest BCUT2D eigenvalue weighted by Crippen LogP contribution is 2.13. The Kier molecular flexibility index (Phi) is 11.9. The number of carboxylic acids is 2. The Morgan fingerprint density at radius 1 is 0.975 bits per heavy atom. The fourth-order valence-electron chi connectivity index (χ4n) is 3.88. The van der Waals surface area contributed by atoms with Crippen molar-refractivity contribution in [1.29, 1.82) is 0 Å². The number of nitro benzene ring substituents is 1. The number of carbonyl (C=O) groups is 6. The van der Waals surface area contributed by atoms with Gasteiger partial charge in [-0.3, -0.25) is 38.9 Å². The predicted molar refractivity (Wildman–Crippen MR) is 137 cm³/mol. The molecule has 1 aliphatic heterocycles. The average Bonchev–Trinajstić information content (AvgIpc) is 3.44. The topological polar surface area (TPSA) is 246 Å². The summed E-state index contributed by atoms with van der Waals surface area (Å²) in [5.41, 5.74) is 0.235. The number of non-ortho nitro benzene ring substituents is 1. The second-order valence-corrected chi connectivity index (χ2v) is 9.17. The molecular weight excluding hydrogens is 532 g/mol. The Bertz CT molecular complexity index is 1120. The van der Waals surface area contributed by atoms with E-state index in [0.717, 1.165) is 6.42 Å². The van der Waals surface area contributed by atoms with Gasteiger partial charge in [0, 0.05) is 25.0 Å². The van der Waals surface area contributed by atoms with Crippen LogP contribution in [0.1, 0.15) is 38.2 Å². The normalized spacial score (nSPS) is 16.6. The molecule has 1 aromatic rings. The quantitative estimate of drug-likeness (QED) is 0.0947. The van der Waals surface area contributed by atoms with Crippen molar-refractivity contribution in [1.82, 2.24) is 26.6 Å². The van der Waals surface area contributed by atoms with Crippen molar-refractivity contribution in [2.45, 2.75) is 63.2 Å². The van der Waals surface area contributed by atoms with Crippen molar-refractivity contribution in [3.63, 3.8) is 0 Å². The second-order valence-electron chi connectivity index (χ2n) is 9.17. The standard InChI is InChI=1S/C24H32N6O10/c1-13(27-24(38)17(8-9-19(31)32)28-23(37)16-3-2-10-25-16)21(35)29-18(22(36)26-12-20(33)34)11-14-4-6-15(7-5-14)30(39)40/h4-7,13,16-18,25H,2-3,8-12H2,1H3,(H,26,36)(H,27,38)(H,28,37)(H,29,35)(H,31,32)(H,33,34)/t13-,16-,17-,18-/m0/s1. The van der Waals surface area contributed by atoms with E-state index in [9.17, 15) is 38.9 Å². The molecule has 1 aromatic carbocycles. The van der Waals surface area contributed by atoms with E-state index in [0.29, 0.717) is 18.5 Å². The molecule has 1 fully saturated rings. The molecule has 4 atom stereocenters. The molecule has 4 amide bonds. The fraction of sp³-hybridized carbons (Fsp3) is 0.500. The van der Waals surface area contributed by atoms with Gasteiger partial charge >= 0.3 is 11.9 Å². The highest BCUT2D eigenvalue weighted by molar-refractivity contribution is 5.95. The van der Waals surface area contributed by atoms with Gasteiger partial charge in [-0.25, -0.2) is 0 Å². The number of rotatable bonds is 15. The van der Waals surface area contributed by atoms with Crippen LogP contribution in [0.25, 0.3) is 0 Å². The average molecular weight is 565 g/mol. The van der Waals surface area contributed by atoms with Crippen LogP contribution in [0.4, 0.5) is 5.69 Å². The highest BCUT2D eigenvalue weighted by atomic mass is 16.6. The summed E-state index contributed by atoms with van der Waals surface area (Å²) in [5.74, 6) is -5.46. The molecule has 7 N–H and O–H groups in total. The van der Waals surface area contributed by atoms with Crippen molar-refractivity contribution in [2.24, 2.45) is 0 Å². The van der Waals surface area contributed by atoms with E-state index in [1.54, 1.807) is 0 Å². The third kappa shape index (κ3) is 10.3. The number of nitrogens with zero attached hydrogens (tertiary/aromatic N) is 1. The summed E-state index contributed by atoms with van der Waals surface area (Å²) in [6.07, 6.45) is 0.522. The highest BCUT2D eigenvalue weighted by Gasteiger charge is 2.30. The third-order valence-corrected chi connectivity index (χ3v) is 6.04. The van der Waals surface area contributed by atoms with E-state index in [-0.39, 0.29) is 18.5 Å². The Morgan fingerprint density at radius 2 is 1.65 bits per heavy atom. The molecule has 0 saturated carbocycles. The molecule has 0 aromatic heterocycles. The zero-order valence-corrected chi connectivity index (χ0v) is 21.7.